The molecule has 1 saturated heterocycles. The Bertz CT molecular complexity index is 1350. The third-order valence-electron chi connectivity index (χ3n) is 8.50. The molecule has 2 aromatic rings. The van der Waals surface area contributed by atoms with Gasteiger partial charge >= 0.3 is 5.97 Å². The molecule has 0 bridgehead atoms. The third kappa shape index (κ3) is 4.85. The van der Waals surface area contributed by atoms with Crippen LogP contribution in [-0.2, 0) is 19.6 Å². The summed E-state index contributed by atoms with van der Waals surface area (Å²) in [5.41, 5.74) is 0.753. The molecule has 1 N–H and O–H groups in total. The first-order valence-corrected chi connectivity index (χ1v) is 15.3. The van der Waals surface area contributed by atoms with Gasteiger partial charge in [0.2, 0.25) is 15.9 Å². The van der Waals surface area contributed by atoms with Crippen molar-refractivity contribution in [2.45, 2.75) is 62.3 Å². The van der Waals surface area contributed by atoms with Gasteiger partial charge in [0.25, 0.3) is 0 Å². The molecule has 3 fully saturated rings. The largest absolute Gasteiger partial charge is 0.481 e. The molecule has 1 unspecified atom stereocenters. The number of carbonyl (C=O) groups excluding carboxylic acids is 1. The van der Waals surface area contributed by atoms with Crippen LogP contribution in [0.4, 0.5) is 0 Å². The van der Waals surface area contributed by atoms with E-state index in [-0.39, 0.29) is 30.0 Å². The number of likely N-dealkylation sites (tertiary alicyclic amines) is 1. The van der Waals surface area contributed by atoms with Crippen molar-refractivity contribution in [3.05, 3.63) is 69.7 Å². The van der Waals surface area contributed by atoms with Crippen LogP contribution in [0, 0.1) is 11.3 Å². The normalized spacial score (nSPS) is 28.1. The standard InChI is InChI=1S/C28H32Cl2N2O5S/c1-3-21(16-31(2)38(36,37)22-11-12-22)32-25(17-7-9-19(29)10-8-17)23(18-5-4-6-20(30)13-18)14-28(27(32)35)15-24(28)26(33)34/h4-10,13,21-25H,3,11-12,14-16H2,1-2H3,(H,33,34)/t21-,23+,24?,25+,28-/m0/s1. The maximum atomic E-state index is 14.3. The summed E-state index contributed by atoms with van der Waals surface area (Å²) in [4.78, 5) is 28.2. The van der Waals surface area contributed by atoms with Gasteiger partial charge in [-0.2, -0.15) is 0 Å². The molecule has 2 aromatic carbocycles. The number of carbonyl (C=O) groups is 2. The summed E-state index contributed by atoms with van der Waals surface area (Å²) in [7, 11) is -1.88. The van der Waals surface area contributed by atoms with E-state index in [2.05, 4.69) is 0 Å². The molecule has 5 atom stereocenters. The van der Waals surface area contributed by atoms with Gasteiger partial charge in [0.15, 0.2) is 0 Å². The maximum absolute atomic E-state index is 14.3. The van der Waals surface area contributed by atoms with Crippen LogP contribution >= 0.6 is 23.2 Å². The Labute approximate surface area is 233 Å². The van der Waals surface area contributed by atoms with Crippen molar-refractivity contribution in [1.29, 1.82) is 0 Å². The molecule has 1 heterocycles. The average molecular weight is 580 g/mol. The summed E-state index contributed by atoms with van der Waals surface area (Å²) in [6, 6.07) is 13.9. The number of piperidine rings is 1. The van der Waals surface area contributed by atoms with E-state index in [1.165, 1.54) is 4.31 Å². The van der Waals surface area contributed by atoms with Gasteiger partial charge in [-0.05, 0) is 67.5 Å². The van der Waals surface area contributed by atoms with Gasteiger partial charge in [-0.1, -0.05) is 54.4 Å². The van der Waals surface area contributed by atoms with Gasteiger partial charge in [0, 0.05) is 35.6 Å². The molecule has 204 valence electrons. The van der Waals surface area contributed by atoms with Crippen LogP contribution in [0.3, 0.4) is 0 Å². The molecule has 2 aliphatic carbocycles. The molecule has 1 amide bonds. The van der Waals surface area contributed by atoms with E-state index < -0.39 is 39.4 Å². The molecule has 0 aromatic heterocycles. The SMILES string of the molecule is CC[C@@H](CN(C)S(=O)(=O)C1CC1)N1C(=O)[C@]2(CC2C(=O)O)C[C@H](c2cccc(Cl)c2)[C@H]1c1ccc(Cl)cc1. The topological polar surface area (TPSA) is 95.0 Å². The number of amides is 1. The van der Waals surface area contributed by atoms with Crippen LogP contribution in [0.15, 0.2) is 48.5 Å². The number of nitrogens with zero attached hydrogens (tertiary/aromatic N) is 2. The number of likely N-dealkylation sites (N-methyl/N-ethyl adjacent to an activating group) is 1. The van der Waals surface area contributed by atoms with Crippen molar-refractivity contribution in [1.82, 2.24) is 9.21 Å². The zero-order valence-corrected chi connectivity index (χ0v) is 23.7. The Hall–Kier alpha value is -2.13. The van der Waals surface area contributed by atoms with Gasteiger partial charge in [-0.15, -0.1) is 0 Å². The molecule has 3 aliphatic rings. The fourth-order valence-electron chi connectivity index (χ4n) is 6.18. The summed E-state index contributed by atoms with van der Waals surface area (Å²) in [6.45, 7) is 2.08. The number of sulfonamides is 1. The number of benzene rings is 2. The van der Waals surface area contributed by atoms with Crippen LogP contribution in [0.2, 0.25) is 10.0 Å². The second-order valence-electron chi connectivity index (χ2n) is 10.9. The highest BCUT2D eigenvalue weighted by atomic mass is 35.5. The molecule has 5 rings (SSSR count). The van der Waals surface area contributed by atoms with Gasteiger partial charge in [0.05, 0.1) is 22.6 Å². The number of hydrogen-bond acceptors (Lipinski definition) is 4. The number of carboxylic acids is 1. The minimum absolute atomic E-state index is 0.140. The smallest absolute Gasteiger partial charge is 0.307 e. The van der Waals surface area contributed by atoms with Crippen LogP contribution in [0.5, 0.6) is 0 Å². The first-order valence-electron chi connectivity index (χ1n) is 13.0. The van der Waals surface area contributed by atoms with Crippen molar-refractivity contribution in [3.63, 3.8) is 0 Å². The van der Waals surface area contributed by atoms with Gasteiger partial charge < -0.3 is 10.0 Å². The summed E-state index contributed by atoms with van der Waals surface area (Å²) >= 11 is 12.6. The van der Waals surface area contributed by atoms with Crippen molar-refractivity contribution < 1.29 is 23.1 Å². The number of rotatable bonds is 9. The molecule has 38 heavy (non-hydrogen) atoms. The summed E-state index contributed by atoms with van der Waals surface area (Å²) < 4.78 is 27.4. The van der Waals surface area contributed by atoms with E-state index in [0.717, 1.165) is 11.1 Å². The Morgan fingerprint density at radius 2 is 1.79 bits per heavy atom. The minimum atomic E-state index is -3.46. The van der Waals surface area contributed by atoms with Crippen molar-refractivity contribution in [2.75, 3.05) is 13.6 Å². The Balaban J connectivity index is 1.63. The van der Waals surface area contributed by atoms with Gasteiger partial charge in [-0.25, -0.2) is 12.7 Å². The Kier molecular flexibility index (Phi) is 7.31. The Morgan fingerprint density at radius 1 is 1.11 bits per heavy atom. The highest BCUT2D eigenvalue weighted by Gasteiger charge is 2.69. The predicted molar refractivity (Wildman–Crippen MR) is 147 cm³/mol. The Morgan fingerprint density at radius 3 is 2.34 bits per heavy atom. The van der Waals surface area contributed by atoms with E-state index in [0.29, 0.717) is 35.7 Å². The van der Waals surface area contributed by atoms with Crippen molar-refractivity contribution in [2.24, 2.45) is 11.3 Å². The number of aliphatic carboxylic acids is 1. The number of carboxylic acid groups (broad SMARTS) is 1. The van der Waals surface area contributed by atoms with Crippen LogP contribution in [0.25, 0.3) is 0 Å². The lowest BCUT2D eigenvalue weighted by Gasteiger charge is -2.49. The molecule has 10 heteroatoms. The quantitative estimate of drug-likeness (QED) is 0.433. The van der Waals surface area contributed by atoms with E-state index in [1.807, 2.05) is 37.3 Å². The van der Waals surface area contributed by atoms with Gasteiger partial charge in [-0.3, -0.25) is 9.59 Å². The second-order valence-corrected chi connectivity index (χ2v) is 14.1. The first-order chi connectivity index (χ1) is 18.0. The summed E-state index contributed by atoms with van der Waals surface area (Å²) in [5, 5.41) is 10.7. The second kappa shape index (κ2) is 10.1. The minimum Gasteiger partial charge on any atom is -0.481 e. The summed E-state index contributed by atoms with van der Waals surface area (Å²) in [6.07, 6.45) is 2.46. The zero-order chi connectivity index (χ0) is 27.4. The first kappa shape index (κ1) is 27.4. The van der Waals surface area contributed by atoms with E-state index in [4.69, 9.17) is 23.2 Å². The third-order valence-corrected chi connectivity index (χ3v) is 11.3. The molecular weight excluding hydrogens is 547 g/mol. The lowest BCUT2D eigenvalue weighted by molar-refractivity contribution is -0.154. The predicted octanol–water partition coefficient (Wildman–Crippen LogP) is 5.34. The maximum Gasteiger partial charge on any atom is 0.307 e. The van der Waals surface area contributed by atoms with E-state index in [9.17, 15) is 23.1 Å². The average Bonchev–Trinajstić information content (AvgIpc) is 3.80. The van der Waals surface area contributed by atoms with Crippen LogP contribution in [-0.4, -0.2) is 59.5 Å². The molecule has 7 nitrogen and oxygen atoms in total. The van der Waals surface area contributed by atoms with Crippen LogP contribution < -0.4 is 0 Å². The molecule has 1 spiro atoms. The lowest BCUT2D eigenvalue weighted by atomic mass is 9.72. The molecular formula is C28H32Cl2N2O5S. The highest BCUT2D eigenvalue weighted by Crippen LogP contribution is 2.65. The lowest BCUT2D eigenvalue weighted by Crippen LogP contribution is -2.56. The molecule has 0 radical (unpaired) electrons. The fraction of sp³-hybridized carbons (Fsp3) is 0.500. The molecule has 2 saturated carbocycles. The highest BCUT2D eigenvalue weighted by molar-refractivity contribution is 7.90. The zero-order valence-electron chi connectivity index (χ0n) is 21.4. The van der Waals surface area contributed by atoms with Crippen molar-refractivity contribution in [3.8, 4) is 0 Å². The van der Waals surface area contributed by atoms with E-state index >= 15 is 0 Å². The number of halogens is 2. The van der Waals surface area contributed by atoms with Gasteiger partial charge in [0.1, 0.15) is 0 Å². The van der Waals surface area contributed by atoms with Crippen molar-refractivity contribution >= 4 is 45.1 Å². The van der Waals surface area contributed by atoms with Crippen LogP contribution in [0.1, 0.15) is 62.1 Å². The number of hydrogen-bond donors (Lipinski definition) is 1. The van der Waals surface area contributed by atoms with E-state index in [1.54, 1.807) is 30.1 Å². The summed E-state index contributed by atoms with van der Waals surface area (Å²) in [5.74, 6) is -2.20. The monoisotopic (exact) mass is 578 g/mol. The molecule has 1 aliphatic heterocycles. The fourth-order valence-corrected chi connectivity index (χ4v) is 8.12.